The van der Waals surface area contributed by atoms with E-state index in [1.54, 1.807) is 7.11 Å². The Kier molecular flexibility index (Phi) is 5.59. The minimum Gasteiger partial charge on any atom is -0.496 e. The van der Waals surface area contributed by atoms with Gasteiger partial charge in [0, 0.05) is 29.2 Å². The van der Waals surface area contributed by atoms with E-state index in [1.807, 2.05) is 11.8 Å². The van der Waals surface area contributed by atoms with E-state index < -0.39 is 0 Å². The summed E-state index contributed by atoms with van der Waals surface area (Å²) in [5.74, 6) is 2.06. The van der Waals surface area contributed by atoms with Crippen LogP contribution in [-0.2, 0) is 12.3 Å². The van der Waals surface area contributed by atoms with Crippen molar-refractivity contribution >= 4 is 11.8 Å². The topological polar surface area (TPSA) is 21.3 Å². The molecule has 2 rings (SSSR count). The van der Waals surface area contributed by atoms with Crippen molar-refractivity contribution in [2.45, 2.75) is 56.7 Å². The van der Waals surface area contributed by atoms with E-state index in [-0.39, 0.29) is 0 Å². The monoisotopic (exact) mass is 279 g/mol. The Balaban J connectivity index is 1.97. The predicted molar refractivity (Wildman–Crippen MR) is 83.9 cm³/mol. The van der Waals surface area contributed by atoms with Gasteiger partial charge in [-0.25, -0.2) is 0 Å². The lowest BCUT2D eigenvalue weighted by molar-refractivity contribution is 0.411. The molecule has 0 spiro atoms. The molecule has 19 heavy (non-hydrogen) atoms. The largest absolute Gasteiger partial charge is 0.496 e. The molecule has 1 N–H and O–H groups in total. The van der Waals surface area contributed by atoms with Crippen LogP contribution in [0.4, 0.5) is 0 Å². The number of ether oxygens (including phenoxy) is 1. The second kappa shape index (κ2) is 7.20. The SMILES string of the molecule is CCC(C)SCc1cc(CNC2CC2)ccc1OC. The van der Waals surface area contributed by atoms with Crippen LogP contribution < -0.4 is 10.1 Å². The minimum absolute atomic E-state index is 0.706. The molecule has 1 aromatic carbocycles. The molecule has 1 aliphatic carbocycles. The van der Waals surface area contributed by atoms with Gasteiger partial charge in [-0.05, 0) is 37.0 Å². The second-order valence-electron chi connectivity index (χ2n) is 5.33. The van der Waals surface area contributed by atoms with Gasteiger partial charge < -0.3 is 10.1 Å². The van der Waals surface area contributed by atoms with E-state index in [0.29, 0.717) is 5.25 Å². The molecule has 2 nitrogen and oxygen atoms in total. The fraction of sp³-hybridized carbons (Fsp3) is 0.625. The van der Waals surface area contributed by atoms with Gasteiger partial charge >= 0.3 is 0 Å². The fourth-order valence-corrected chi connectivity index (χ4v) is 2.88. The quantitative estimate of drug-likeness (QED) is 0.778. The van der Waals surface area contributed by atoms with Crippen LogP contribution in [0.3, 0.4) is 0 Å². The van der Waals surface area contributed by atoms with Crippen LogP contribution in [0.1, 0.15) is 44.2 Å². The Morgan fingerprint density at radius 3 is 2.84 bits per heavy atom. The number of rotatable bonds is 8. The Bertz CT molecular complexity index is 404. The van der Waals surface area contributed by atoms with E-state index in [2.05, 4.69) is 37.4 Å². The van der Waals surface area contributed by atoms with Crippen molar-refractivity contribution < 1.29 is 4.74 Å². The molecule has 1 unspecified atom stereocenters. The highest BCUT2D eigenvalue weighted by atomic mass is 32.2. The van der Waals surface area contributed by atoms with Gasteiger partial charge in [-0.2, -0.15) is 11.8 Å². The molecular formula is C16H25NOS. The van der Waals surface area contributed by atoms with Gasteiger partial charge in [-0.3, -0.25) is 0 Å². The van der Waals surface area contributed by atoms with Crippen molar-refractivity contribution in [3.8, 4) is 5.75 Å². The second-order valence-corrected chi connectivity index (χ2v) is 6.76. The summed E-state index contributed by atoms with van der Waals surface area (Å²) >= 11 is 2.00. The zero-order chi connectivity index (χ0) is 13.7. The molecule has 1 aromatic rings. The molecule has 1 fully saturated rings. The van der Waals surface area contributed by atoms with Gasteiger partial charge in [0.25, 0.3) is 0 Å². The molecular weight excluding hydrogens is 254 g/mol. The summed E-state index contributed by atoms with van der Waals surface area (Å²) in [6, 6.07) is 7.34. The average molecular weight is 279 g/mol. The lowest BCUT2D eigenvalue weighted by Gasteiger charge is -2.13. The van der Waals surface area contributed by atoms with E-state index in [9.17, 15) is 0 Å². The van der Waals surface area contributed by atoms with Crippen LogP contribution >= 0.6 is 11.8 Å². The summed E-state index contributed by atoms with van der Waals surface area (Å²) < 4.78 is 5.47. The van der Waals surface area contributed by atoms with Crippen LogP contribution in [0.5, 0.6) is 5.75 Å². The van der Waals surface area contributed by atoms with Crippen LogP contribution in [0.2, 0.25) is 0 Å². The average Bonchev–Trinajstić information content (AvgIpc) is 3.26. The summed E-state index contributed by atoms with van der Waals surface area (Å²) in [4.78, 5) is 0. The first-order valence-electron chi connectivity index (χ1n) is 7.23. The fourth-order valence-electron chi connectivity index (χ4n) is 1.95. The van der Waals surface area contributed by atoms with Crippen molar-refractivity contribution in [1.82, 2.24) is 5.32 Å². The van der Waals surface area contributed by atoms with Gasteiger partial charge in [0.1, 0.15) is 5.75 Å². The Labute approximate surface area is 121 Å². The van der Waals surface area contributed by atoms with Crippen molar-refractivity contribution in [1.29, 1.82) is 0 Å². The van der Waals surface area contributed by atoms with Crippen LogP contribution in [0, 0.1) is 0 Å². The van der Waals surface area contributed by atoms with Gasteiger partial charge in [0.15, 0.2) is 0 Å². The third-order valence-electron chi connectivity index (χ3n) is 3.62. The third-order valence-corrected chi connectivity index (χ3v) is 5.00. The maximum Gasteiger partial charge on any atom is 0.122 e. The molecule has 0 aliphatic heterocycles. The maximum absolute atomic E-state index is 5.47. The molecule has 1 aliphatic rings. The predicted octanol–water partition coefficient (Wildman–Crippen LogP) is 3.98. The van der Waals surface area contributed by atoms with Gasteiger partial charge in [0.2, 0.25) is 0 Å². The van der Waals surface area contributed by atoms with E-state index >= 15 is 0 Å². The minimum atomic E-state index is 0.706. The Hall–Kier alpha value is -0.670. The van der Waals surface area contributed by atoms with Gasteiger partial charge in [0.05, 0.1) is 7.11 Å². The zero-order valence-electron chi connectivity index (χ0n) is 12.2. The standard InChI is InChI=1S/C16H25NOS/c1-4-12(2)19-11-14-9-13(5-8-16(14)18-3)10-17-15-6-7-15/h5,8-9,12,15,17H,4,6-7,10-11H2,1-3H3. The number of benzene rings is 1. The van der Waals surface area contributed by atoms with Crippen molar-refractivity contribution in [3.05, 3.63) is 29.3 Å². The van der Waals surface area contributed by atoms with Gasteiger partial charge in [-0.1, -0.05) is 19.9 Å². The Morgan fingerprint density at radius 2 is 2.21 bits per heavy atom. The number of methoxy groups -OCH3 is 1. The Morgan fingerprint density at radius 1 is 1.42 bits per heavy atom. The number of nitrogens with one attached hydrogen (secondary N) is 1. The zero-order valence-corrected chi connectivity index (χ0v) is 13.1. The van der Waals surface area contributed by atoms with E-state index in [0.717, 1.165) is 24.1 Å². The first-order chi connectivity index (χ1) is 9.22. The number of hydrogen-bond acceptors (Lipinski definition) is 3. The summed E-state index contributed by atoms with van der Waals surface area (Å²) in [5.41, 5.74) is 2.69. The molecule has 0 radical (unpaired) electrons. The molecule has 0 heterocycles. The molecule has 3 heteroatoms. The summed E-state index contributed by atoms with van der Waals surface area (Å²) in [6.07, 6.45) is 3.90. The summed E-state index contributed by atoms with van der Waals surface area (Å²) in [7, 11) is 1.76. The smallest absolute Gasteiger partial charge is 0.122 e. The molecule has 106 valence electrons. The van der Waals surface area contributed by atoms with Gasteiger partial charge in [-0.15, -0.1) is 0 Å². The highest BCUT2D eigenvalue weighted by molar-refractivity contribution is 7.99. The maximum atomic E-state index is 5.47. The highest BCUT2D eigenvalue weighted by Gasteiger charge is 2.20. The van der Waals surface area contributed by atoms with Crippen LogP contribution in [-0.4, -0.2) is 18.4 Å². The normalized spacial score (nSPS) is 16.4. The summed E-state index contributed by atoms with van der Waals surface area (Å²) in [5, 5.41) is 4.27. The first-order valence-corrected chi connectivity index (χ1v) is 8.28. The summed E-state index contributed by atoms with van der Waals surface area (Å²) in [6.45, 7) is 5.51. The lowest BCUT2D eigenvalue weighted by Crippen LogP contribution is -2.15. The van der Waals surface area contributed by atoms with Crippen LogP contribution in [0.25, 0.3) is 0 Å². The molecule has 0 amide bonds. The molecule has 1 saturated carbocycles. The molecule has 0 saturated heterocycles. The van der Waals surface area contributed by atoms with Crippen molar-refractivity contribution in [2.24, 2.45) is 0 Å². The number of thioether (sulfide) groups is 1. The van der Waals surface area contributed by atoms with Crippen molar-refractivity contribution in [2.75, 3.05) is 7.11 Å². The molecule has 0 aromatic heterocycles. The first kappa shape index (κ1) is 14.7. The lowest BCUT2D eigenvalue weighted by atomic mass is 10.1. The number of hydrogen-bond donors (Lipinski definition) is 1. The third kappa shape index (κ3) is 4.73. The van der Waals surface area contributed by atoms with Crippen LogP contribution in [0.15, 0.2) is 18.2 Å². The molecule has 1 atom stereocenters. The highest BCUT2D eigenvalue weighted by Crippen LogP contribution is 2.28. The van der Waals surface area contributed by atoms with Crippen molar-refractivity contribution in [3.63, 3.8) is 0 Å². The van der Waals surface area contributed by atoms with E-state index in [1.165, 1.54) is 30.4 Å². The van der Waals surface area contributed by atoms with E-state index in [4.69, 9.17) is 4.74 Å². The molecule has 0 bridgehead atoms.